The predicted molar refractivity (Wildman–Crippen MR) is 94.9 cm³/mol. The van der Waals surface area contributed by atoms with Gasteiger partial charge in [0.05, 0.1) is 0 Å². The Morgan fingerprint density at radius 3 is 2.62 bits per heavy atom. The van der Waals surface area contributed by atoms with Crippen LogP contribution in [-0.4, -0.2) is 31.3 Å². The second kappa shape index (κ2) is 8.88. The van der Waals surface area contributed by atoms with Crippen LogP contribution in [0.4, 0.5) is 5.69 Å². The van der Waals surface area contributed by atoms with E-state index >= 15 is 0 Å². The Labute approximate surface area is 134 Å². The molecule has 0 unspecified atom stereocenters. The molecule has 2 N–H and O–H groups in total. The molecule has 0 amide bonds. The quantitative estimate of drug-likeness (QED) is 0.623. The molecule has 4 heteroatoms. The van der Waals surface area contributed by atoms with Gasteiger partial charge in [0.25, 0.3) is 0 Å². The molecule has 0 aromatic heterocycles. The van der Waals surface area contributed by atoms with Crippen molar-refractivity contribution in [1.82, 2.24) is 10.6 Å². The molecular weight excluding hydrogens is 278 g/mol. The third kappa shape index (κ3) is 5.92. The molecule has 0 saturated heterocycles. The van der Waals surface area contributed by atoms with Gasteiger partial charge < -0.3 is 15.5 Å². The molecule has 1 aromatic carbocycles. The summed E-state index contributed by atoms with van der Waals surface area (Å²) in [7, 11) is 2.13. The van der Waals surface area contributed by atoms with E-state index in [1.54, 1.807) is 0 Å². The Morgan fingerprint density at radius 2 is 1.90 bits per heavy atom. The van der Waals surface area contributed by atoms with Gasteiger partial charge in [0.2, 0.25) is 0 Å². The number of hydrogen-bond donors (Lipinski definition) is 2. The highest BCUT2D eigenvalue weighted by atomic mass is 32.1. The first-order valence-corrected chi connectivity index (χ1v) is 8.47. The van der Waals surface area contributed by atoms with E-state index in [4.69, 9.17) is 12.2 Å². The summed E-state index contributed by atoms with van der Waals surface area (Å²) in [5, 5.41) is 7.60. The molecule has 116 valence electrons. The number of thiocarbonyl (C=S) groups is 1. The Balaban J connectivity index is 1.57. The first-order chi connectivity index (χ1) is 10.3. The number of nitrogens with one attached hydrogen (secondary N) is 2. The van der Waals surface area contributed by atoms with Gasteiger partial charge in [-0.3, -0.25) is 0 Å². The number of hydrogen-bond acceptors (Lipinski definition) is 2. The Morgan fingerprint density at radius 1 is 1.19 bits per heavy atom. The van der Waals surface area contributed by atoms with Gasteiger partial charge in [-0.15, -0.1) is 0 Å². The van der Waals surface area contributed by atoms with E-state index in [0.29, 0.717) is 6.04 Å². The Hall–Kier alpha value is -1.29. The standard InChI is InChI=1S/C17H27N3S/c1-20(16-11-6-3-7-12-16)14-8-13-18-17(21)19-15-9-4-2-5-10-15/h3,6-7,11-12,15H,2,4-5,8-10,13-14H2,1H3,(H2,18,19,21). The molecule has 0 aliphatic heterocycles. The number of para-hydroxylation sites is 1. The Kier molecular flexibility index (Phi) is 6.80. The van der Waals surface area contributed by atoms with Crippen molar-refractivity contribution < 1.29 is 0 Å². The van der Waals surface area contributed by atoms with Crippen molar-refractivity contribution in [2.24, 2.45) is 0 Å². The van der Waals surface area contributed by atoms with Gasteiger partial charge in [0.15, 0.2) is 5.11 Å². The first kappa shape index (κ1) is 16.1. The number of anilines is 1. The lowest BCUT2D eigenvalue weighted by Gasteiger charge is -2.24. The molecule has 21 heavy (non-hydrogen) atoms. The summed E-state index contributed by atoms with van der Waals surface area (Å²) in [6.45, 7) is 1.96. The minimum atomic E-state index is 0.589. The fraction of sp³-hybridized carbons (Fsp3) is 0.588. The van der Waals surface area contributed by atoms with E-state index in [-0.39, 0.29) is 0 Å². The van der Waals surface area contributed by atoms with Crippen molar-refractivity contribution in [3.8, 4) is 0 Å². The van der Waals surface area contributed by atoms with Crippen LogP contribution in [0, 0.1) is 0 Å². The lowest BCUT2D eigenvalue weighted by Crippen LogP contribution is -2.43. The van der Waals surface area contributed by atoms with Crippen molar-refractivity contribution in [1.29, 1.82) is 0 Å². The zero-order valence-electron chi connectivity index (χ0n) is 13.0. The predicted octanol–water partition coefficient (Wildman–Crippen LogP) is 3.31. The second-order valence-electron chi connectivity index (χ2n) is 5.85. The number of benzene rings is 1. The first-order valence-electron chi connectivity index (χ1n) is 8.06. The highest BCUT2D eigenvalue weighted by molar-refractivity contribution is 7.80. The van der Waals surface area contributed by atoms with Gasteiger partial charge >= 0.3 is 0 Å². The molecule has 1 aliphatic rings. The zero-order chi connectivity index (χ0) is 14.9. The van der Waals surface area contributed by atoms with Crippen LogP contribution < -0.4 is 15.5 Å². The van der Waals surface area contributed by atoms with Crippen LogP contribution in [0.3, 0.4) is 0 Å². The monoisotopic (exact) mass is 305 g/mol. The molecule has 0 bridgehead atoms. The summed E-state index contributed by atoms with van der Waals surface area (Å²) in [5.74, 6) is 0. The van der Waals surface area contributed by atoms with Gasteiger partial charge in [0.1, 0.15) is 0 Å². The van der Waals surface area contributed by atoms with Crippen LogP contribution in [0.5, 0.6) is 0 Å². The lowest BCUT2D eigenvalue weighted by molar-refractivity contribution is 0.412. The molecular formula is C17H27N3S. The van der Waals surface area contributed by atoms with Crippen molar-refractivity contribution in [3.63, 3.8) is 0 Å². The topological polar surface area (TPSA) is 27.3 Å². The Bertz CT molecular complexity index is 415. The van der Waals surface area contributed by atoms with E-state index in [9.17, 15) is 0 Å². The van der Waals surface area contributed by atoms with Gasteiger partial charge in [-0.1, -0.05) is 37.5 Å². The smallest absolute Gasteiger partial charge is 0.166 e. The highest BCUT2D eigenvalue weighted by Gasteiger charge is 2.13. The molecule has 0 heterocycles. The van der Waals surface area contributed by atoms with E-state index in [0.717, 1.165) is 24.6 Å². The number of rotatable bonds is 6. The zero-order valence-corrected chi connectivity index (χ0v) is 13.8. The summed E-state index contributed by atoms with van der Waals surface area (Å²) in [6.07, 6.45) is 7.66. The number of nitrogens with zero attached hydrogens (tertiary/aromatic N) is 1. The maximum absolute atomic E-state index is 5.37. The van der Waals surface area contributed by atoms with E-state index in [1.807, 2.05) is 6.07 Å². The average Bonchev–Trinajstić information content (AvgIpc) is 2.53. The van der Waals surface area contributed by atoms with Crippen LogP contribution in [0.1, 0.15) is 38.5 Å². The van der Waals surface area contributed by atoms with E-state index in [2.05, 4.69) is 46.8 Å². The maximum atomic E-state index is 5.37. The molecule has 2 rings (SSSR count). The molecule has 0 radical (unpaired) electrons. The molecule has 1 aliphatic carbocycles. The third-order valence-electron chi connectivity index (χ3n) is 4.09. The van der Waals surface area contributed by atoms with E-state index in [1.165, 1.54) is 37.8 Å². The molecule has 0 atom stereocenters. The normalized spacial score (nSPS) is 15.5. The lowest BCUT2D eigenvalue weighted by atomic mass is 9.96. The van der Waals surface area contributed by atoms with Gasteiger partial charge in [-0.2, -0.15) is 0 Å². The highest BCUT2D eigenvalue weighted by Crippen LogP contribution is 2.17. The van der Waals surface area contributed by atoms with E-state index < -0.39 is 0 Å². The largest absolute Gasteiger partial charge is 0.375 e. The molecule has 1 aromatic rings. The van der Waals surface area contributed by atoms with Crippen LogP contribution in [0.25, 0.3) is 0 Å². The van der Waals surface area contributed by atoms with Crippen LogP contribution in [-0.2, 0) is 0 Å². The SMILES string of the molecule is CN(CCCNC(=S)NC1CCCCC1)c1ccccc1. The van der Waals surface area contributed by atoms with Crippen LogP contribution in [0.15, 0.2) is 30.3 Å². The molecule has 1 fully saturated rings. The minimum absolute atomic E-state index is 0.589. The van der Waals surface area contributed by atoms with Gasteiger partial charge in [-0.05, 0) is 43.6 Å². The van der Waals surface area contributed by atoms with Gasteiger partial charge in [0, 0.05) is 31.9 Å². The third-order valence-corrected chi connectivity index (χ3v) is 4.36. The minimum Gasteiger partial charge on any atom is -0.375 e. The van der Waals surface area contributed by atoms with Crippen molar-refractivity contribution in [2.75, 3.05) is 25.0 Å². The fourth-order valence-corrected chi connectivity index (χ4v) is 3.08. The summed E-state index contributed by atoms with van der Waals surface area (Å²) < 4.78 is 0. The summed E-state index contributed by atoms with van der Waals surface area (Å²) >= 11 is 5.37. The summed E-state index contributed by atoms with van der Waals surface area (Å²) in [5.41, 5.74) is 1.26. The van der Waals surface area contributed by atoms with Crippen molar-refractivity contribution in [2.45, 2.75) is 44.6 Å². The second-order valence-corrected chi connectivity index (χ2v) is 6.25. The van der Waals surface area contributed by atoms with Crippen LogP contribution >= 0.6 is 12.2 Å². The van der Waals surface area contributed by atoms with Gasteiger partial charge in [-0.25, -0.2) is 0 Å². The summed E-state index contributed by atoms with van der Waals surface area (Å²) in [4.78, 5) is 2.28. The van der Waals surface area contributed by atoms with Crippen molar-refractivity contribution >= 4 is 23.0 Å². The summed E-state index contributed by atoms with van der Waals surface area (Å²) in [6, 6.07) is 11.1. The van der Waals surface area contributed by atoms with Crippen LogP contribution in [0.2, 0.25) is 0 Å². The van der Waals surface area contributed by atoms with Crippen molar-refractivity contribution in [3.05, 3.63) is 30.3 Å². The fourth-order valence-electron chi connectivity index (χ4n) is 2.81. The molecule has 0 spiro atoms. The molecule has 3 nitrogen and oxygen atoms in total. The molecule has 1 saturated carbocycles. The maximum Gasteiger partial charge on any atom is 0.166 e. The average molecular weight is 305 g/mol.